The summed E-state index contributed by atoms with van der Waals surface area (Å²) in [6.45, 7) is 1.06. The zero-order chi connectivity index (χ0) is 26.8. The lowest BCUT2D eigenvalue weighted by molar-refractivity contribution is -0.117. The van der Waals surface area contributed by atoms with Gasteiger partial charge in [0.05, 0.1) is 16.1 Å². The van der Waals surface area contributed by atoms with Crippen LogP contribution in [0, 0.1) is 0 Å². The van der Waals surface area contributed by atoms with E-state index < -0.39 is 34.4 Å². The van der Waals surface area contributed by atoms with Gasteiger partial charge >= 0.3 is 10.2 Å². The summed E-state index contributed by atoms with van der Waals surface area (Å²) in [4.78, 5) is 24.5. The molecule has 0 aliphatic heterocycles. The lowest BCUT2D eigenvalue weighted by Crippen LogP contribution is -2.42. The number of aryl methyl sites for hydroxylation is 1. The van der Waals surface area contributed by atoms with Crippen molar-refractivity contribution in [3.05, 3.63) is 69.3 Å². The van der Waals surface area contributed by atoms with Crippen LogP contribution in [0.1, 0.15) is 47.3 Å². The monoisotopic (exact) mass is 556 g/mol. The second-order valence-electron chi connectivity index (χ2n) is 8.22. The molecule has 0 aliphatic carbocycles. The maximum absolute atomic E-state index is 13.3. The minimum Gasteiger partial charge on any atom is -0.364 e. The Morgan fingerprint density at radius 3 is 2.28 bits per heavy atom. The Morgan fingerprint density at radius 1 is 1.08 bits per heavy atom. The zero-order valence-corrected chi connectivity index (χ0v) is 22.0. The smallest absolute Gasteiger partial charge is 0.303 e. The summed E-state index contributed by atoms with van der Waals surface area (Å²) in [5, 5.41) is 23.0. The molecule has 36 heavy (non-hydrogen) atoms. The summed E-state index contributed by atoms with van der Waals surface area (Å²) in [6, 6.07) is 10.6. The largest absolute Gasteiger partial charge is 0.364 e. The van der Waals surface area contributed by atoms with Crippen LogP contribution in [0.3, 0.4) is 0 Å². The molecule has 194 valence electrons. The summed E-state index contributed by atoms with van der Waals surface area (Å²) in [5.74, 6) is -1.16. The number of rotatable bonds is 9. The number of nitrogens with zero attached hydrogens (tertiary/aromatic N) is 2. The molecule has 0 saturated heterocycles. The molecule has 2 aromatic carbocycles. The summed E-state index contributed by atoms with van der Waals surface area (Å²) >= 11 is 12.4. The molecule has 0 fully saturated rings. The molecule has 0 saturated carbocycles. The van der Waals surface area contributed by atoms with Crippen LogP contribution in [0.2, 0.25) is 10.0 Å². The van der Waals surface area contributed by atoms with Crippen LogP contribution in [0.5, 0.6) is 0 Å². The third-order valence-corrected chi connectivity index (χ3v) is 8.07. The number of nitrogens with one attached hydrogen (secondary N) is 2. The molecule has 1 heterocycles. The first kappa shape index (κ1) is 27.9. The Labute approximate surface area is 218 Å². The van der Waals surface area contributed by atoms with Crippen molar-refractivity contribution in [3.8, 4) is 0 Å². The molecule has 0 aliphatic rings. The van der Waals surface area contributed by atoms with E-state index in [2.05, 4.69) is 5.32 Å². The number of amides is 2. The number of aromatic nitrogens is 1. The maximum atomic E-state index is 13.3. The van der Waals surface area contributed by atoms with Crippen molar-refractivity contribution in [2.24, 2.45) is 7.05 Å². The lowest BCUT2D eigenvalue weighted by atomic mass is 10.0. The zero-order valence-electron chi connectivity index (χ0n) is 19.7. The van der Waals surface area contributed by atoms with Gasteiger partial charge in [0.1, 0.15) is 5.69 Å². The third-order valence-electron chi connectivity index (χ3n) is 5.70. The highest BCUT2D eigenvalue weighted by molar-refractivity contribution is 7.87. The van der Waals surface area contributed by atoms with E-state index in [-0.39, 0.29) is 18.5 Å². The van der Waals surface area contributed by atoms with Gasteiger partial charge in [-0.2, -0.15) is 12.7 Å². The summed E-state index contributed by atoms with van der Waals surface area (Å²) in [5.41, 5.74) is 1.88. The third kappa shape index (κ3) is 6.17. The van der Waals surface area contributed by atoms with Crippen LogP contribution in [0.25, 0.3) is 10.9 Å². The molecular formula is C23H26Cl2N4O6S. The van der Waals surface area contributed by atoms with E-state index in [0.29, 0.717) is 32.2 Å². The van der Waals surface area contributed by atoms with Crippen molar-refractivity contribution >= 4 is 56.1 Å². The molecule has 4 N–H and O–H groups in total. The highest BCUT2D eigenvalue weighted by Gasteiger charge is 2.24. The number of carbonyl (C=O) groups is 2. The van der Waals surface area contributed by atoms with Gasteiger partial charge in [-0.3, -0.25) is 9.59 Å². The van der Waals surface area contributed by atoms with Crippen LogP contribution in [-0.4, -0.2) is 52.9 Å². The molecule has 3 rings (SSSR count). The molecule has 2 amide bonds. The van der Waals surface area contributed by atoms with Crippen molar-refractivity contribution in [3.63, 3.8) is 0 Å². The normalized spacial score (nSPS) is 12.8. The molecule has 10 nitrogen and oxygen atoms in total. The van der Waals surface area contributed by atoms with Crippen molar-refractivity contribution in [1.29, 1.82) is 0 Å². The molecule has 3 aromatic rings. The van der Waals surface area contributed by atoms with Gasteiger partial charge in [0.15, 0.2) is 6.29 Å². The minimum absolute atomic E-state index is 0.0332. The number of hydrogen-bond acceptors (Lipinski definition) is 6. The number of hydrogen-bond donors (Lipinski definition) is 4. The first-order valence-electron chi connectivity index (χ1n) is 10.8. The Hall–Kier alpha value is -2.67. The standard InChI is InChI=1S/C23H26Cl2N4O6S/c1-13(30)27-36(34,35)28(2)11-10-18(14-4-6-15(7-5-14)23(32)33)26-22(31)20-12-16-19(29(20)3)9-8-17(24)21(16)25/h4-9,12,18,23,32-33H,10-11H2,1-3H3,(H,26,31)(H,27,30). The van der Waals surface area contributed by atoms with Gasteiger partial charge in [0, 0.05) is 44.0 Å². The highest BCUT2D eigenvalue weighted by Crippen LogP contribution is 2.33. The van der Waals surface area contributed by atoms with E-state index in [4.69, 9.17) is 23.2 Å². The van der Waals surface area contributed by atoms with Crippen molar-refractivity contribution < 1.29 is 28.2 Å². The van der Waals surface area contributed by atoms with Crippen LogP contribution < -0.4 is 10.0 Å². The first-order valence-corrected chi connectivity index (χ1v) is 13.0. The fourth-order valence-electron chi connectivity index (χ4n) is 3.71. The molecule has 1 aromatic heterocycles. The van der Waals surface area contributed by atoms with Crippen LogP contribution >= 0.6 is 23.2 Å². The Bertz CT molecular complexity index is 1390. The molecule has 0 spiro atoms. The predicted octanol–water partition coefficient (Wildman–Crippen LogP) is 2.64. The molecule has 1 unspecified atom stereocenters. The number of aliphatic hydroxyl groups excluding tert-OH is 1. The number of aliphatic hydroxyl groups is 2. The second-order valence-corrected chi connectivity index (χ2v) is 10.8. The predicted molar refractivity (Wildman–Crippen MR) is 137 cm³/mol. The van der Waals surface area contributed by atoms with Gasteiger partial charge in [0.2, 0.25) is 5.91 Å². The Balaban J connectivity index is 1.90. The SMILES string of the molecule is CC(=O)NS(=O)(=O)N(C)CCC(NC(=O)c1cc2c(Cl)c(Cl)ccc2n1C)c1ccc(C(O)O)cc1. The van der Waals surface area contributed by atoms with Gasteiger partial charge in [-0.1, -0.05) is 47.5 Å². The topological polar surface area (TPSA) is 141 Å². The fraction of sp³-hybridized carbons (Fsp3) is 0.304. The number of fused-ring (bicyclic) bond motifs is 1. The quantitative estimate of drug-likeness (QED) is 0.298. The van der Waals surface area contributed by atoms with E-state index in [0.717, 1.165) is 11.2 Å². The van der Waals surface area contributed by atoms with Gasteiger partial charge in [-0.05, 0) is 30.2 Å². The number of halogens is 2. The molecule has 0 radical (unpaired) electrons. The Kier molecular flexibility index (Phi) is 8.65. The van der Waals surface area contributed by atoms with E-state index in [9.17, 15) is 28.2 Å². The second kappa shape index (κ2) is 11.2. The van der Waals surface area contributed by atoms with Crippen molar-refractivity contribution in [1.82, 2.24) is 18.9 Å². The lowest BCUT2D eigenvalue weighted by Gasteiger charge is -2.23. The average molecular weight is 557 g/mol. The van der Waals surface area contributed by atoms with Crippen LogP contribution in [0.15, 0.2) is 42.5 Å². The number of benzene rings is 2. The van der Waals surface area contributed by atoms with Gasteiger partial charge in [0.25, 0.3) is 5.91 Å². The van der Waals surface area contributed by atoms with Crippen LogP contribution in [0.4, 0.5) is 0 Å². The van der Waals surface area contributed by atoms with Crippen LogP contribution in [-0.2, 0) is 22.1 Å². The summed E-state index contributed by atoms with van der Waals surface area (Å²) < 4.78 is 29.1. The summed E-state index contributed by atoms with van der Waals surface area (Å²) in [6.07, 6.45) is -1.51. The summed E-state index contributed by atoms with van der Waals surface area (Å²) in [7, 11) is -1.02. The van der Waals surface area contributed by atoms with Gasteiger partial charge < -0.3 is 20.1 Å². The molecular weight excluding hydrogens is 531 g/mol. The van der Waals surface area contributed by atoms with Gasteiger partial charge in [-0.25, -0.2) is 4.72 Å². The Morgan fingerprint density at radius 2 is 1.69 bits per heavy atom. The van der Waals surface area contributed by atoms with Gasteiger partial charge in [-0.15, -0.1) is 0 Å². The molecule has 13 heteroatoms. The minimum atomic E-state index is -4.05. The van der Waals surface area contributed by atoms with E-state index in [1.807, 2.05) is 4.72 Å². The maximum Gasteiger partial charge on any atom is 0.303 e. The highest BCUT2D eigenvalue weighted by atomic mass is 35.5. The fourth-order valence-corrected chi connectivity index (χ4v) is 4.96. The first-order chi connectivity index (χ1) is 16.8. The molecule has 1 atom stereocenters. The number of carbonyl (C=O) groups excluding carboxylic acids is 2. The van der Waals surface area contributed by atoms with E-state index >= 15 is 0 Å². The van der Waals surface area contributed by atoms with E-state index in [1.165, 1.54) is 19.2 Å². The average Bonchev–Trinajstić information content (AvgIpc) is 3.15. The van der Waals surface area contributed by atoms with Crippen molar-refractivity contribution in [2.75, 3.05) is 13.6 Å². The van der Waals surface area contributed by atoms with E-state index in [1.54, 1.807) is 41.9 Å². The molecule has 0 bridgehead atoms. The van der Waals surface area contributed by atoms with Crippen molar-refractivity contribution in [2.45, 2.75) is 25.7 Å².